The number of aldehydes is 1. The lowest BCUT2D eigenvalue weighted by Gasteiger charge is -2.22. The van der Waals surface area contributed by atoms with Crippen LogP contribution in [0.3, 0.4) is 0 Å². The normalized spacial score (nSPS) is 30.2. The Morgan fingerprint density at radius 3 is 2.73 bits per heavy atom. The standard InChI is InChI=1S/C9H14O.CH4/c1-7-3-4-9(6-10)8(2)5-7;/h3,6,8-9H,4-5H2,1-2H3;1H4. The van der Waals surface area contributed by atoms with Crippen LogP contribution in [-0.2, 0) is 4.79 Å². The zero-order valence-corrected chi connectivity index (χ0v) is 6.63. The summed E-state index contributed by atoms with van der Waals surface area (Å²) in [6.45, 7) is 4.28. The van der Waals surface area contributed by atoms with Crippen LogP contribution in [0.15, 0.2) is 11.6 Å². The van der Waals surface area contributed by atoms with E-state index < -0.39 is 0 Å². The first-order chi connectivity index (χ1) is 4.74. The van der Waals surface area contributed by atoms with Gasteiger partial charge in [-0.15, -0.1) is 0 Å². The zero-order valence-electron chi connectivity index (χ0n) is 6.63. The summed E-state index contributed by atoms with van der Waals surface area (Å²) in [6, 6.07) is 0. The molecule has 0 amide bonds. The van der Waals surface area contributed by atoms with Gasteiger partial charge in [0.1, 0.15) is 6.29 Å². The molecule has 0 aliphatic heterocycles. The Morgan fingerprint density at radius 1 is 1.64 bits per heavy atom. The molecule has 0 radical (unpaired) electrons. The molecule has 1 nitrogen and oxygen atoms in total. The molecular weight excluding hydrogens is 136 g/mol. The lowest BCUT2D eigenvalue weighted by atomic mass is 9.82. The Morgan fingerprint density at radius 2 is 2.27 bits per heavy atom. The van der Waals surface area contributed by atoms with Crippen molar-refractivity contribution in [1.82, 2.24) is 0 Å². The Labute approximate surface area is 69.5 Å². The summed E-state index contributed by atoms with van der Waals surface area (Å²) in [7, 11) is 0. The molecule has 0 aromatic heterocycles. The van der Waals surface area contributed by atoms with Crippen molar-refractivity contribution < 1.29 is 4.79 Å². The highest BCUT2D eigenvalue weighted by molar-refractivity contribution is 5.55. The molecule has 2 unspecified atom stereocenters. The summed E-state index contributed by atoms with van der Waals surface area (Å²) in [4.78, 5) is 10.4. The van der Waals surface area contributed by atoms with Crippen LogP contribution >= 0.6 is 0 Å². The maximum absolute atomic E-state index is 10.4. The van der Waals surface area contributed by atoms with Gasteiger partial charge in [0.05, 0.1) is 0 Å². The first-order valence-electron chi connectivity index (χ1n) is 3.85. The van der Waals surface area contributed by atoms with Gasteiger partial charge in [-0.1, -0.05) is 26.0 Å². The molecule has 1 aliphatic rings. The van der Waals surface area contributed by atoms with Crippen LogP contribution in [0.4, 0.5) is 0 Å². The van der Waals surface area contributed by atoms with Gasteiger partial charge in [-0.05, 0) is 25.7 Å². The van der Waals surface area contributed by atoms with Crippen molar-refractivity contribution in [3.63, 3.8) is 0 Å². The van der Waals surface area contributed by atoms with E-state index >= 15 is 0 Å². The number of rotatable bonds is 1. The van der Waals surface area contributed by atoms with Gasteiger partial charge >= 0.3 is 0 Å². The summed E-state index contributed by atoms with van der Waals surface area (Å²) in [5.74, 6) is 0.839. The van der Waals surface area contributed by atoms with E-state index in [2.05, 4.69) is 19.9 Å². The fourth-order valence-electron chi connectivity index (χ4n) is 1.50. The minimum atomic E-state index is 0. The zero-order chi connectivity index (χ0) is 7.56. The predicted octanol–water partition coefficient (Wildman–Crippen LogP) is 2.81. The summed E-state index contributed by atoms with van der Waals surface area (Å²) >= 11 is 0. The molecule has 64 valence electrons. The third-order valence-electron chi connectivity index (χ3n) is 2.29. The fourth-order valence-corrected chi connectivity index (χ4v) is 1.50. The summed E-state index contributed by atoms with van der Waals surface area (Å²) in [5, 5.41) is 0. The van der Waals surface area contributed by atoms with Gasteiger partial charge in [0.25, 0.3) is 0 Å². The van der Waals surface area contributed by atoms with Gasteiger partial charge < -0.3 is 4.79 Å². The molecule has 2 atom stereocenters. The minimum Gasteiger partial charge on any atom is -0.303 e. The molecule has 1 heteroatoms. The average molecular weight is 154 g/mol. The van der Waals surface area contributed by atoms with Crippen LogP contribution in [0.1, 0.15) is 34.1 Å². The van der Waals surface area contributed by atoms with Crippen LogP contribution < -0.4 is 0 Å². The molecule has 0 fully saturated rings. The summed E-state index contributed by atoms with van der Waals surface area (Å²) < 4.78 is 0. The summed E-state index contributed by atoms with van der Waals surface area (Å²) in [5.41, 5.74) is 1.44. The van der Waals surface area contributed by atoms with E-state index in [0.29, 0.717) is 5.92 Å². The molecule has 0 bridgehead atoms. The SMILES string of the molecule is C.CC1=CCC(C=O)C(C)C1. The maximum Gasteiger partial charge on any atom is 0.123 e. The lowest BCUT2D eigenvalue weighted by Crippen LogP contribution is -2.16. The second kappa shape index (κ2) is 4.32. The molecule has 0 heterocycles. The fraction of sp³-hybridized carbons (Fsp3) is 0.700. The second-order valence-electron chi connectivity index (χ2n) is 3.27. The topological polar surface area (TPSA) is 17.1 Å². The van der Waals surface area contributed by atoms with Gasteiger partial charge in [-0.25, -0.2) is 0 Å². The monoisotopic (exact) mass is 154 g/mol. The van der Waals surface area contributed by atoms with E-state index in [1.807, 2.05) is 0 Å². The third-order valence-corrected chi connectivity index (χ3v) is 2.29. The molecule has 1 rings (SSSR count). The number of carbonyl (C=O) groups excluding carboxylic acids is 1. The van der Waals surface area contributed by atoms with Crippen molar-refractivity contribution >= 4 is 6.29 Å². The van der Waals surface area contributed by atoms with Crippen LogP contribution in [0.5, 0.6) is 0 Å². The van der Waals surface area contributed by atoms with Crippen molar-refractivity contribution in [3.8, 4) is 0 Å². The molecule has 0 aromatic rings. The first-order valence-corrected chi connectivity index (χ1v) is 3.85. The minimum absolute atomic E-state index is 0. The van der Waals surface area contributed by atoms with E-state index in [0.717, 1.165) is 19.1 Å². The van der Waals surface area contributed by atoms with Crippen molar-refractivity contribution in [2.24, 2.45) is 11.8 Å². The highest BCUT2D eigenvalue weighted by Crippen LogP contribution is 2.27. The molecule has 0 aromatic carbocycles. The van der Waals surface area contributed by atoms with E-state index in [9.17, 15) is 4.79 Å². The van der Waals surface area contributed by atoms with Gasteiger partial charge in [0.2, 0.25) is 0 Å². The number of hydrogen-bond donors (Lipinski definition) is 0. The van der Waals surface area contributed by atoms with E-state index in [4.69, 9.17) is 0 Å². The maximum atomic E-state index is 10.4. The molecule has 0 saturated heterocycles. The highest BCUT2D eigenvalue weighted by atomic mass is 16.1. The number of hydrogen-bond acceptors (Lipinski definition) is 1. The molecule has 0 saturated carbocycles. The first kappa shape index (κ1) is 10.4. The smallest absolute Gasteiger partial charge is 0.123 e. The van der Waals surface area contributed by atoms with Crippen molar-refractivity contribution in [2.45, 2.75) is 34.1 Å². The van der Waals surface area contributed by atoms with Gasteiger partial charge in [0.15, 0.2) is 0 Å². The van der Waals surface area contributed by atoms with E-state index in [1.165, 1.54) is 5.57 Å². The van der Waals surface area contributed by atoms with Crippen molar-refractivity contribution in [3.05, 3.63) is 11.6 Å². The Balaban J connectivity index is 0.000001000. The molecule has 0 spiro atoms. The lowest BCUT2D eigenvalue weighted by molar-refractivity contribution is -0.112. The van der Waals surface area contributed by atoms with Gasteiger partial charge in [0, 0.05) is 5.92 Å². The van der Waals surface area contributed by atoms with Crippen molar-refractivity contribution in [1.29, 1.82) is 0 Å². The van der Waals surface area contributed by atoms with Crippen LogP contribution in [0.25, 0.3) is 0 Å². The molecule has 11 heavy (non-hydrogen) atoms. The van der Waals surface area contributed by atoms with Crippen LogP contribution in [-0.4, -0.2) is 6.29 Å². The largest absolute Gasteiger partial charge is 0.303 e. The van der Waals surface area contributed by atoms with E-state index in [-0.39, 0.29) is 13.3 Å². The molecule has 0 N–H and O–H groups in total. The quantitative estimate of drug-likeness (QED) is 0.419. The average Bonchev–Trinajstić information content (AvgIpc) is 1.88. The number of carbonyl (C=O) groups is 1. The highest BCUT2D eigenvalue weighted by Gasteiger charge is 2.19. The van der Waals surface area contributed by atoms with E-state index in [1.54, 1.807) is 0 Å². The third kappa shape index (κ3) is 2.49. The van der Waals surface area contributed by atoms with Crippen molar-refractivity contribution in [2.75, 3.05) is 0 Å². The van der Waals surface area contributed by atoms with Gasteiger partial charge in [-0.2, -0.15) is 0 Å². The Kier molecular flexibility index (Phi) is 4.09. The Bertz CT molecular complexity index is 158. The predicted molar refractivity (Wildman–Crippen MR) is 48.4 cm³/mol. The molecular formula is C10H18O. The Hall–Kier alpha value is -0.590. The van der Waals surface area contributed by atoms with Crippen LogP contribution in [0.2, 0.25) is 0 Å². The van der Waals surface area contributed by atoms with Gasteiger partial charge in [-0.3, -0.25) is 0 Å². The van der Waals surface area contributed by atoms with Crippen LogP contribution in [0, 0.1) is 11.8 Å². The molecule has 1 aliphatic carbocycles. The number of allylic oxidation sites excluding steroid dienone is 2. The summed E-state index contributed by atoms with van der Waals surface area (Å²) in [6.07, 6.45) is 5.33. The second-order valence-corrected chi connectivity index (χ2v) is 3.27.